The minimum absolute atomic E-state index is 0.000130. The molecule has 0 saturated carbocycles. The summed E-state index contributed by atoms with van der Waals surface area (Å²) in [5.41, 5.74) is 0.0776. The molecule has 0 saturated heterocycles. The molecular formula is C22H19F2N5O2. The Bertz CT molecular complexity index is 1250. The monoisotopic (exact) mass is 423 g/mol. The van der Waals surface area contributed by atoms with Gasteiger partial charge in [-0.05, 0) is 17.7 Å². The minimum atomic E-state index is -2.81. The number of hydrogen-bond donors (Lipinski definition) is 1. The van der Waals surface area contributed by atoms with Crippen molar-refractivity contribution in [3.05, 3.63) is 88.5 Å². The maximum absolute atomic E-state index is 13.5. The van der Waals surface area contributed by atoms with E-state index in [-0.39, 0.29) is 35.5 Å². The van der Waals surface area contributed by atoms with Crippen molar-refractivity contribution >= 4 is 22.8 Å². The Kier molecular flexibility index (Phi) is 5.83. The number of alkyl halides is 2. The van der Waals surface area contributed by atoms with Crippen molar-refractivity contribution in [2.75, 3.05) is 5.32 Å². The van der Waals surface area contributed by atoms with Crippen LogP contribution in [0.4, 0.5) is 14.6 Å². The van der Waals surface area contributed by atoms with Crippen molar-refractivity contribution in [1.29, 1.82) is 0 Å². The summed E-state index contributed by atoms with van der Waals surface area (Å²) in [6.07, 6.45) is 0.206. The van der Waals surface area contributed by atoms with E-state index in [0.29, 0.717) is 12.4 Å². The maximum atomic E-state index is 13.5. The summed E-state index contributed by atoms with van der Waals surface area (Å²) >= 11 is 0. The fourth-order valence-electron chi connectivity index (χ4n) is 3.31. The third-order valence-corrected chi connectivity index (χ3v) is 4.77. The lowest BCUT2D eigenvalue weighted by Gasteiger charge is -2.09. The van der Waals surface area contributed by atoms with Crippen LogP contribution in [0.1, 0.15) is 24.0 Å². The van der Waals surface area contributed by atoms with Crippen molar-refractivity contribution in [2.24, 2.45) is 0 Å². The van der Waals surface area contributed by atoms with E-state index in [2.05, 4.69) is 15.4 Å². The zero-order valence-electron chi connectivity index (χ0n) is 16.4. The number of carbonyl (C=O) groups is 1. The molecule has 31 heavy (non-hydrogen) atoms. The van der Waals surface area contributed by atoms with Crippen molar-refractivity contribution in [3.8, 4) is 0 Å². The number of anilines is 1. The highest BCUT2D eigenvalue weighted by Gasteiger charge is 2.19. The smallest absolute Gasteiger partial charge is 0.264 e. The van der Waals surface area contributed by atoms with Gasteiger partial charge >= 0.3 is 0 Å². The number of nitrogens with one attached hydrogen (secondary N) is 1. The predicted molar refractivity (Wildman–Crippen MR) is 112 cm³/mol. The van der Waals surface area contributed by atoms with Crippen LogP contribution in [0.3, 0.4) is 0 Å². The quantitative estimate of drug-likeness (QED) is 0.492. The molecule has 0 fully saturated rings. The number of aryl methyl sites for hydroxylation is 1. The lowest BCUT2D eigenvalue weighted by Crippen LogP contribution is -2.24. The van der Waals surface area contributed by atoms with E-state index < -0.39 is 12.0 Å². The van der Waals surface area contributed by atoms with E-state index in [1.54, 1.807) is 24.4 Å². The lowest BCUT2D eigenvalue weighted by molar-refractivity contribution is -0.116. The summed E-state index contributed by atoms with van der Waals surface area (Å²) in [6.45, 7) is 0.367. The second kappa shape index (κ2) is 8.86. The first kappa shape index (κ1) is 20.4. The van der Waals surface area contributed by atoms with E-state index in [9.17, 15) is 18.4 Å². The summed E-state index contributed by atoms with van der Waals surface area (Å²) in [6, 6.07) is 15.4. The highest BCUT2D eigenvalue weighted by Crippen LogP contribution is 2.26. The third kappa shape index (κ3) is 4.66. The molecule has 0 bridgehead atoms. The molecule has 1 N–H and O–H groups in total. The van der Waals surface area contributed by atoms with Gasteiger partial charge in [-0.2, -0.15) is 5.10 Å². The molecule has 0 unspecified atom stereocenters. The van der Waals surface area contributed by atoms with Gasteiger partial charge in [0.2, 0.25) is 5.91 Å². The molecule has 0 atom stereocenters. The van der Waals surface area contributed by atoms with Gasteiger partial charge < -0.3 is 5.32 Å². The second-order valence-electron chi connectivity index (χ2n) is 6.95. The second-order valence-corrected chi connectivity index (χ2v) is 6.95. The zero-order valence-corrected chi connectivity index (χ0v) is 16.4. The number of halogens is 2. The van der Waals surface area contributed by atoms with Gasteiger partial charge in [0.15, 0.2) is 5.65 Å². The first-order valence-corrected chi connectivity index (χ1v) is 9.65. The molecule has 0 aliphatic heterocycles. The van der Waals surface area contributed by atoms with Gasteiger partial charge in [0, 0.05) is 42.4 Å². The number of rotatable bonds is 7. The number of aromatic nitrogens is 4. The first-order chi connectivity index (χ1) is 15.0. The largest absolute Gasteiger partial charge is 0.311 e. The predicted octanol–water partition coefficient (Wildman–Crippen LogP) is 3.61. The van der Waals surface area contributed by atoms with Crippen molar-refractivity contribution < 1.29 is 13.6 Å². The Morgan fingerprint density at radius 2 is 1.87 bits per heavy atom. The first-order valence-electron chi connectivity index (χ1n) is 9.65. The number of pyridine rings is 2. The van der Waals surface area contributed by atoms with Gasteiger partial charge in [0.25, 0.3) is 12.0 Å². The fraction of sp³-hybridized carbons (Fsp3) is 0.182. The summed E-state index contributed by atoms with van der Waals surface area (Å²) in [7, 11) is 0. The number of nitrogens with zero attached hydrogens (tertiary/aromatic N) is 4. The van der Waals surface area contributed by atoms with Crippen molar-refractivity contribution in [1.82, 2.24) is 19.3 Å². The molecule has 0 aliphatic carbocycles. The molecule has 1 amide bonds. The number of carbonyl (C=O) groups excluding carboxylic acids is 1. The van der Waals surface area contributed by atoms with Gasteiger partial charge in [-0.25, -0.2) is 13.8 Å². The van der Waals surface area contributed by atoms with E-state index in [1.807, 2.05) is 30.3 Å². The Labute approximate surface area is 176 Å². The Morgan fingerprint density at radius 1 is 1.10 bits per heavy atom. The number of benzene rings is 1. The van der Waals surface area contributed by atoms with Gasteiger partial charge in [-0.1, -0.05) is 36.4 Å². The molecule has 4 aromatic rings. The molecule has 0 spiro atoms. The van der Waals surface area contributed by atoms with Crippen LogP contribution < -0.4 is 10.9 Å². The summed E-state index contributed by atoms with van der Waals surface area (Å²) < 4.78 is 29.9. The average molecular weight is 423 g/mol. The van der Waals surface area contributed by atoms with Crippen LogP contribution in [0.2, 0.25) is 0 Å². The van der Waals surface area contributed by atoms with E-state index in [1.165, 1.54) is 15.4 Å². The number of amides is 1. The molecule has 158 valence electrons. The zero-order chi connectivity index (χ0) is 21.8. The SMILES string of the molecule is O=C(CCn1c(=O)cc(C(F)F)c2cn(Cc3ccccc3)nc21)Nc1ccccn1. The van der Waals surface area contributed by atoms with Gasteiger partial charge in [-0.3, -0.25) is 18.8 Å². The van der Waals surface area contributed by atoms with E-state index in [4.69, 9.17) is 0 Å². The Morgan fingerprint density at radius 3 is 2.58 bits per heavy atom. The fourth-order valence-corrected chi connectivity index (χ4v) is 3.31. The van der Waals surface area contributed by atoms with Gasteiger partial charge in [0.1, 0.15) is 5.82 Å². The molecular weight excluding hydrogens is 404 g/mol. The van der Waals surface area contributed by atoms with Gasteiger partial charge in [0.05, 0.1) is 6.54 Å². The van der Waals surface area contributed by atoms with Crippen LogP contribution in [-0.2, 0) is 17.9 Å². The highest BCUT2D eigenvalue weighted by molar-refractivity contribution is 5.89. The van der Waals surface area contributed by atoms with Crippen molar-refractivity contribution in [2.45, 2.75) is 25.9 Å². The number of hydrogen-bond acceptors (Lipinski definition) is 4. The summed E-state index contributed by atoms with van der Waals surface area (Å²) in [5.74, 6) is 0.0468. The molecule has 9 heteroatoms. The Balaban J connectivity index is 1.62. The van der Waals surface area contributed by atoms with E-state index in [0.717, 1.165) is 11.6 Å². The van der Waals surface area contributed by atoms with Crippen LogP contribution in [0.25, 0.3) is 11.0 Å². The summed E-state index contributed by atoms with van der Waals surface area (Å²) in [4.78, 5) is 28.8. The normalized spacial score (nSPS) is 11.2. The maximum Gasteiger partial charge on any atom is 0.264 e. The van der Waals surface area contributed by atoms with Crippen LogP contribution in [0.5, 0.6) is 0 Å². The van der Waals surface area contributed by atoms with Crippen LogP contribution >= 0.6 is 0 Å². The molecule has 3 heterocycles. The van der Waals surface area contributed by atoms with Crippen molar-refractivity contribution in [3.63, 3.8) is 0 Å². The number of fused-ring (bicyclic) bond motifs is 1. The average Bonchev–Trinajstić information content (AvgIpc) is 3.17. The molecule has 7 nitrogen and oxygen atoms in total. The standard InChI is InChI=1S/C22H19F2N5O2/c23-21(24)16-12-20(31)29(11-9-19(30)26-18-8-4-5-10-25-18)22-17(16)14-28(27-22)13-15-6-2-1-3-7-15/h1-8,10,12,14,21H,9,11,13H2,(H,25,26,30). The lowest BCUT2D eigenvalue weighted by atomic mass is 10.2. The minimum Gasteiger partial charge on any atom is -0.311 e. The van der Waals surface area contributed by atoms with Crippen LogP contribution in [0.15, 0.2) is 71.8 Å². The van der Waals surface area contributed by atoms with Crippen LogP contribution in [0, 0.1) is 0 Å². The third-order valence-electron chi connectivity index (χ3n) is 4.77. The molecule has 1 aromatic carbocycles. The van der Waals surface area contributed by atoms with Gasteiger partial charge in [-0.15, -0.1) is 0 Å². The summed E-state index contributed by atoms with van der Waals surface area (Å²) in [5, 5.41) is 7.20. The molecule has 4 rings (SSSR count). The van der Waals surface area contributed by atoms with Crippen LogP contribution in [-0.4, -0.2) is 25.2 Å². The highest BCUT2D eigenvalue weighted by atomic mass is 19.3. The topological polar surface area (TPSA) is 81.8 Å². The molecule has 0 aliphatic rings. The molecule has 3 aromatic heterocycles. The van der Waals surface area contributed by atoms with E-state index >= 15 is 0 Å². The molecule has 0 radical (unpaired) electrons. The Hall–Kier alpha value is -3.88.